The van der Waals surface area contributed by atoms with E-state index >= 15 is 0 Å². The van der Waals surface area contributed by atoms with Gasteiger partial charge in [-0.3, -0.25) is 4.90 Å². The number of aliphatic hydroxyl groups is 1. The fourth-order valence-corrected chi connectivity index (χ4v) is 8.49. The molecule has 5 nitrogen and oxygen atoms in total. The SMILES string of the molecule is COc1ccc2c(c1)C13CCN(CCc4nc5ccccc5s4)CCC1(O)C(C2)N(CC1CC1)CC3. The van der Waals surface area contributed by atoms with E-state index < -0.39 is 5.60 Å². The number of hydrogen-bond donors (Lipinski definition) is 1. The van der Waals surface area contributed by atoms with Crippen LogP contribution in [0.1, 0.15) is 48.2 Å². The molecule has 3 unspecified atom stereocenters. The van der Waals surface area contributed by atoms with Crippen molar-refractivity contribution in [3.63, 3.8) is 0 Å². The smallest absolute Gasteiger partial charge is 0.119 e. The highest BCUT2D eigenvalue weighted by Gasteiger charge is 2.63. The fraction of sp³-hybridized carbons (Fsp3) is 0.567. The third-order valence-electron chi connectivity index (χ3n) is 9.73. The normalized spacial score (nSPS) is 30.6. The predicted octanol–water partition coefficient (Wildman–Crippen LogP) is 4.65. The van der Waals surface area contributed by atoms with Crippen LogP contribution in [0.3, 0.4) is 0 Å². The van der Waals surface area contributed by atoms with Crippen molar-refractivity contribution in [2.45, 2.75) is 62.0 Å². The van der Waals surface area contributed by atoms with E-state index in [1.165, 1.54) is 33.7 Å². The van der Waals surface area contributed by atoms with Crippen molar-refractivity contribution in [3.8, 4) is 5.75 Å². The van der Waals surface area contributed by atoms with Crippen LogP contribution in [0.2, 0.25) is 0 Å². The molecule has 3 aromatic rings. The highest BCUT2D eigenvalue weighted by Crippen LogP contribution is 2.56. The van der Waals surface area contributed by atoms with Gasteiger partial charge in [-0.25, -0.2) is 4.98 Å². The summed E-state index contributed by atoms with van der Waals surface area (Å²) in [5, 5.41) is 14.0. The summed E-state index contributed by atoms with van der Waals surface area (Å²) in [4.78, 5) is 10.1. The molecule has 0 radical (unpaired) electrons. The highest BCUT2D eigenvalue weighted by molar-refractivity contribution is 7.18. The molecule has 7 rings (SSSR count). The van der Waals surface area contributed by atoms with Crippen LogP contribution in [0, 0.1) is 5.92 Å². The van der Waals surface area contributed by atoms with Gasteiger partial charge in [0, 0.05) is 37.5 Å². The molecule has 1 saturated carbocycles. The van der Waals surface area contributed by atoms with Gasteiger partial charge in [-0.2, -0.15) is 0 Å². The van der Waals surface area contributed by atoms with Crippen LogP contribution in [0.4, 0.5) is 0 Å². The summed E-state index contributed by atoms with van der Waals surface area (Å²) in [5.74, 6) is 1.76. The number of methoxy groups -OCH3 is 1. The second-order valence-electron chi connectivity index (χ2n) is 11.6. The number of ether oxygens (including phenoxy) is 1. The number of thiazole rings is 1. The zero-order chi connectivity index (χ0) is 24.3. The average Bonchev–Trinajstić information content (AvgIpc) is 3.64. The van der Waals surface area contributed by atoms with Crippen LogP contribution in [-0.4, -0.2) is 71.4 Å². The first kappa shape index (κ1) is 23.2. The number of nitrogens with zero attached hydrogens (tertiary/aromatic N) is 3. The Morgan fingerprint density at radius 1 is 1.08 bits per heavy atom. The van der Waals surface area contributed by atoms with E-state index in [4.69, 9.17) is 9.72 Å². The average molecular weight is 504 g/mol. The van der Waals surface area contributed by atoms with E-state index in [1.807, 2.05) is 11.3 Å². The van der Waals surface area contributed by atoms with Gasteiger partial charge in [-0.15, -0.1) is 11.3 Å². The number of aromatic nitrogens is 1. The fourth-order valence-electron chi connectivity index (χ4n) is 7.53. The zero-order valence-electron chi connectivity index (χ0n) is 21.3. The van der Waals surface area contributed by atoms with Crippen LogP contribution in [0.5, 0.6) is 5.75 Å². The monoisotopic (exact) mass is 503 g/mol. The van der Waals surface area contributed by atoms with Crippen molar-refractivity contribution in [2.75, 3.05) is 39.8 Å². The molecule has 6 heteroatoms. The Kier molecular flexibility index (Phi) is 5.66. The van der Waals surface area contributed by atoms with Crippen LogP contribution in [0.15, 0.2) is 42.5 Å². The quantitative estimate of drug-likeness (QED) is 0.531. The zero-order valence-corrected chi connectivity index (χ0v) is 22.1. The number of benzene rings is 2. The lowest BCUT2D eigenvalue weighted by Gasteiger charge is -2.61. The van der Waals surface area contributed by atoms with Gasteiger partial charge in [0.15, 0.2) is 0 Å². The summed E-state index contributed by atoms with van der Waals surface area (Å²) < 4.78 is 6.94. The Hall–Kier alpha value is -1.99. The van der Waals surface area contributed by atoms with E-state index in [0.29, 0.717) is 0 Å². The van der Waals surface area contributed by atoms with Crippen LogP contribution in [0.25, 0.3) is 10.2 Å². The van der Waals surface area contributed by atoms with Crippen molar-refractivity contribution in [1.82, 2.24) is 14.8 Å². The minimum Gasteiger partial charge on any atom is -0.497 e. The predicted molar refractivity (Wildman–Crippen MR) is 145 cm³/mol. The molecule has 3 heterocycles. The molecule has 4 aliphatic rings. The number of piperidine rings is 1. The van der Waals surface area contributed by atoms with Crippen molar-refractivity contribution in [3.05, 3.63) is 58.6 Å². The van der Waals surface area contributed by atoms with E-state index in [9.17, 15) is 5.11 Å². The molecule has 3 fully saturated rings. The second kappa shape index (κ2) is 8.80. The van der Waals surface area contributed by atoms with E-state index in [2.05, 4.69) is 52.3 Å². The van der Waals surface area contributed by atoms with E-state index in [-0.39, 0.29) is 11.5 Å². The van der Waals surface area contributed by atoms with Crippen LogP contribution in [-0.2, 0) is 18.3 Å². The maximum absolute atomic E-state index is 12.7. The summed E-state index contributed by atoms with van der Waals surface area (Å²) in [7, 11) is 1.76. The van der Waals surface area contributed by atoms with Gasteiger partial charge in [-0.1, -0.05) is 18.2 Å². The molecule has 36 heavy (non-hydrogen) atoms. The number of fused-ring (bicyclic) bond motifs is 2. The molecule has 2 saturated heterocycles. The number of hydrogen-bond acceptors (Lipinski definition) is 6. The van der Waals surface area contributed by atoms with Gasteiger partial charge in [0.05, 0.1) is 27.9 Å². The van der Waals surface area contributed by atoms with Crippen LogP contribution < -0.4 is 4.74 Å². The van der Waals surface area contributed by atoms with E-state index in [1.54, 1.807) is 7.11 Å². The summed E-state index contributed by atoms with van der Waals surface area (Å²) in [6, 6.07) is 15.3. The van der Waals surface area contributed by atoms with Gasteiger partial charge < -0.3 is 14.7 Å². The summed E-state index contributed by atoms with van der Waals surface area (Å²) in [5.41, 5.74) is 3.02. The third-order valence-corrected chi connectivity index (χ3v) is 10.8. The molecule has 1 N–H and O–H groups in total. The molecule has 190 valence electrons. The first-order valence-corrected chi connectivity index (χ1v) is 14.6. The van der Waals surface area contributed by atoms with Crippen molar-refractivity contribution < 1.29 is 9.84 Å². The lowest BCUT2D eigenvalue weighted by atomic mass is 9.52. The molecular formula is C30H37N3O2S. The van der Waals surface area contributed by atoms with Gasteiger partial charge in [0.1, 0.15) is 5.75 Å². The minimum atomic E-state index is -0.690. The molecule has 2 aliphatic heterocycles. The lowest BCUT2D eigenvalue weighted by molar-refractivity contribution is -0.149. The maximum atomic E-state index is 12.7. The molecule has 2 aliphatic carbocycles. The second-order valence-corrected chi connectivity index (χ2v) is 12.7. The minimum absolute atomic E-state index is 0.190. The summed E-state index contributed by atoms with van der Waals surface area (Å²) in [6.07, 6.45) is 7.55. The number of likely N-dealkylation sites (tertiary alicyclic amines) is 2. The first-order chi connectivity index (χ1) is 17.6. The number of rotatable bonds is 6. The highest BCUT2D eigenvalue weighted by atomic mass is 32.1. The van der Waals surface area contributed by atoms with Crippen LogP contribution >= 0.6 is 11.3 Å². The van der Waals surface area contributed by atoms with Gasteiger partial charge in [-0.05, 0) is 92.9 Å². The van der Waals surface area contributed by atoms with Crippen molar-refractivity contribution >= 4 is 21.6 Å². The molecule has 2 bridgehead atoms. The van der Waals surface area contributed by atoms with Crippen molar-refractivity contribution in [2.24, 2.45) is 5.92 Å². The largest absolute Gasteiger partial charge is 0.497 e. The Bertz CT molecular complexity index is 1240. The molecule has 0 amide bonds. The molecule has 1 aromatic heterocycles. The Labute approximate surface area is 218 Å². The Morgan fingerprint density at radius 2 is 1.92 bits per heavy atom. The third kappa shape index (κ3) is 3.72. The number of para-hydroxylation sites is 1. The first-order valence-electron chi connectivity index (χ1n) is 13.8. The standard InChI is InChI=1S/C30H37N3O2S/c1-35-23-9-8-22-18-27-30(34)13-16-32(14-10-28-31-25-4-2-3-5-26(25)36-28)15-11-29(30,24(22)19-23)12-17-33(27)20-21-6-7-21/h2-5,8-9,19,21,27,34H,6-7,10-18,20H2,1H3. The molecule has 0 spiro atoms. The van der Waals surface area contributed by atoms with E-state index in [0.717, 1.165) is 82.0 Å². The Balaban J connectivity index is 1.18. The topological polar surface area (TPSA) is 48.8 Å². The lowest BCUT2D eigenvalue weighted by Crippen LogP contribution is -2.71. The molecule has 3 atom stereocenters. The molecule has 2 aromatic carbocycles. The molecular weight excluding hydrogens is 466 g/mol. The maximum Gasteiger partial charge on any atom is 0.119 e. The van der Waals surface area contributed by atoms with Crippen molar-refractivity contribution in [1.29, 1.82) is 0 Å². The summed E-state index contributed by atoms with van der Waals surface area (Å²) in [6.45, 7) is 5.25. The van der Waals surface area contributed by atoms with Gasteiger partial charge in [0.25, 0.3) is 0 Å². The van der Waals surface area contributed by atoms with Gasteiger partial charge in [0.2, 0.25) is 0 Å². The summed E-state index contributed by atoms with van der Waals surface area (Å²) >= 11 is 1.82. The van der Waals surface area contributed by atoms with Gasteiger partial charge >= 0.3 is 0 Å². The Morgan fingerprint density at radius 3 is 2.75 bits per heavy atom.